The molecule has 0 bridgehead atoms. The second-order valence-corrected chi connectivity index (χ2v) is 15.2. The average Bonchev–Trinajstić information content (AvgIpc) is 3.16. The fourth-order valence-corrected chi connectivity index (χ4v) is 8.18. The van der Waals surface area contributed by atoms with Crippen LogP contribution in [0.2, 0.25) is 10.0 Å². The molecule has 2 amide bonds. The zero-order chi connectivity index (χ0) is 37.3. The first-order valence-corrected chi connectivity index (χ1v) is 19.2. The summed E-state index contributed by atoms with van der Waals surface area (Å²) in [4.78, 5) is 30.5. The summed E-state index contributed by atoms with van der Waals surface area (Å²) in [5, 5.41) is 3.82. The van der Waals surface area contributed by atoms with Crippen LogP contribution >= 0.6 is 23.2 Å². The van der Waals surface area contributed by atoms with Gasteiger partial charge in [0, 0.05) is 35.1 Å². The maximum Gasteiger partial charge on any atom is 0.265 e. The van der Waals surface area contributed by atoms with Crippen molar-refractivity contribution in [1.29, 1.82) is 0 Å². The number of hydrogen-bond acceptors (Lipinski definition) is 7. The highest BCUT2D eigenvalue weighted by atomic mass is 35.5. The molecule has 1 aliphatic carbocycles. The van der Waals surface area contributed by atoms with E-state index < -0.39 is 28.5 Å². The molecule has 0 spiro atoms. The van der Waals surface area contributed by atoms with Crippen molar-refractivity contribution in [2.45, 2.75) is 62.0 Å². The lowest BCUT2D eigenvalue weighted by molar-refractivity contribution is -0.140. The average molecular weight is 769 g/mol. The minimum absolute atomic E-state index is 0.0297. The summed E-state index contributed by atoms with van der Waals surface area (Å²) < 4.78 is 46.6. The van der Waals surface area contributed by atoms with Gasteiger partial charge >= 0.3 is 0 Å². The predicted octanol–water partition coefficient (Wildman–Crippen LogP) is 7.30. The third kappa shape index (κ3) is 9.31. The van der Waals surface area contributed by atoms with Crippen molar-refractivity contribution in [2.24, 2.45) is 0 Å². The van der Waals surface area contributed by atoms with Crippen LogP contribution in [0.25, 0.3) is 0 Å². The van der Waals surface area contributed by atoms with Gasteiger partial charge in [0.05, 0.1) is 31.9 Å². The molecule has 13 heteroatoms. The summed E-state index contributed by atoms with van der Waals surface area (Å²) in [5.41, 5.74) is 1.45. The molecule has 4 aromatic rings. The van der Waals surface area contributed by atoms with E-state index in [1.807, 2.05) is 30.3 Å². The largest absolute Gasteiger partial charge is 0.495 e. The molecule has 0 saturated heterocycles. The minimum atomic E-state index is -4.51. The van der Waals surface area contributed by atoms with E-state index in [2.05, 4.69) is 5.32 Å². The number of nitrogens with one attached hydrogen (secondary N) is 1. The number of amides is 2. The van der Waals surface area contributed by atoms with E-state index in [-0.39, 0.29) is 52.0 Å². The zero-order valence-electron chi connectivity index (χ0n) is 29.4. The molecule has 52 heavy (non-hydrogen) atoms. The Morgan fingerprint density at radius 3 is 2.13 bits per heavy atom. The molecular weight excluding hydrogens is 725 g/mol. The zero-order valence-corrected chi connectivity index (χ0v) is 31.7. The Morgan fingerprint density at radius 1 is 0.808 bits per heavy atom. The summed E-state index contributed by atoms with van der Waals surface area (Å²) in [6, 6.07) is 24.1. The third-order valence-electron chi connectivity index (χ3n) is 9.15. The van der Waals surface area contributed by atoms with Gasteiger partial charge in [-0.25, -0.2) is 8.42 Å². The van der Waals surface area contributed by atoms with Gasteiger partial charge in [-0.1, -0.05) is 91.0 Å². The van der Waals surface area contributed by atoms with Gasteiger partial charge in [0.1, 0.15) is 18.3 Å². The van der Waals surface area contributed by atoms with E-state index in [1.54, 1.807) is 30.3 Å². The van der Waals surface area contributed by atoms with Gasteiger partial charge in [0.2, 0.25) is 11.8 Å². The van der Waals surface area contributed by atoms with E-state index in [1.165, 1.54) is 56.6 Å². The van der Waals surface area contributed by atoms with E-state index in [0.717, 1.165) is 42.0 Å². The van der Waals surface area contributed by atoms with Gasteiger partial charge in [-0.15, -0.1) is 0 Å². The molecule has 10 nitrogen and oxygen atoms in total. The van der Waals surface area contributed by atoms with E-state index in [4.69, 9.17) is 37.4 Å². The Kier molecular flexibility index (Phi) is 13.3. The molecule has 1 N–H and O–H groups in total. The first-order valence-electron chi connectivity index (χ1n) is 17.0. The number of sulfonamides is 1. The van der Waals surface area contributed by atoms with Gasteiger partial charge < -0.3 is 24.4 Å². The molecule has 1 atom stereocenters. The van der Waals surface area contributed by atoms with Crippen LogP contribution < -0.4 is 23.8 Å². The molecule has 1 aliphatic rings. The first-order chi connectivity index (χ1) is 25.0. The van der Waals surface area contributed by atoms with Crippen LogP contribution in [0.3, 0.4) is 0 Å². The maximum atomic E-state index is 14.9. The quantitative estimate of drug-likeness (QED) is 0.135. The molecule has 5 rings (SSSR count). The third-order valence-corrected chi connectivity index (χ3v) is 11.5. The second-order valence-electron chi connectivity index (χ2n) is 12.5. The number of halogens is 2. The number of benzene rings is 4. The molecule has 0 aliphatic heterocycles. The van der Waals surface area contributed by atoms with Gasteiger partial charge in [-0.05, 0) is 60.4 Å². The van der Waals surface area contributed by atoms with Crippen molar-refractivity contribution in [3.05, 3.63) is 112 Å². The van der Waals surface area contributed by atoms with Crippen LogP contribution in [-0.2, 0) is 32.6 Å². The molecule has 1 saturated carbocycles. The minimum Gasteiger partial charge on any atom is -0.495 e. The normalized spacial score (nSPS) is 13.9. The summed E-state index contributed by atoms with van der Waals surface area (Å²) in [7, 11) is -0.281. The fraction of sp³-hybridized carbons (Fsp3) is 0.333. The van der Waals surface area contributed by atoms with Crippen molar-refractivity contribution in [3.63, 3.8) is 0 Å². The summed E-state index contributed by atoms with van der Waals surface area (Å²) >= 11 is 13.1. The van der Waals surface area contributed by atoms with Crippen LogP contribution in [0.4, 0.5) is 5.69 Å². The van der Waals surface area contributed by atoms with Crippen molar-refractivity contribution >= 4 is 50.7 Å². The Bertz CT molecular complexity index is 1960. The first kappa shape index (κ1) is 38.8. The number of rotatable bonds is 15. The monoisotopic (exact) mass is 767 g/mol. The SMILES string of the molecule is COc1ccc(S(=O)(=O)N(CC(=O)N(Cc2ccccc2Cl)[C@@H](Cc2ccccc2)C(=O)NC2CCCCC2)c2cc(Cl)ccc2OC)cc1OC. The van der Waals surface area contributed by atoms with E-state index in [9.17, 15) is 18.0 Å². The second kappa shape index (κ2) is 17.9. The molecule has 0 radical (unpaired) electrons. The molecule has 4 aromatic carbocycles. The summed E-state index contributed by atoms with van der Waals surface area (Å²) in [6.07, 6.45) is 4.97. The van der Waals surface area contributed by atoms with Crippen LogP contribution in [0.1, 0.15) is 43.2 Å². The summed E-state index contributed by atoms with van der Waals surface area (Å²) in [6.45, 7) is -0.773. The smallest absolute Gasteiger partial charge is 0.265 e. The van der Waals surface area contributed by atoms with Crippen LogP contribution in [0.5, 0.6) is 17.2 Å². The Hall–Kier alpha value is -4.45. The van der Waals surface area contributed by atoms with Gasteiger partial charge in [0.25, 0.3) is 10.0 Å². The standard InChI is InChI=1S/C39H43Cl2N3O7S/c1-49-35-20-18-29(40)23-33(35)44(52(47,48)31-19-21-36(50-2)37(24-31)51-3)26-38(45)43(25-28-14-10-11-17-32(28)41)34(22-27-12-6-4-7-13-27)39(46)42-30-15-8-5-9-16-30/h4,6-7,10-14,17-21,23-24,30,34H,5,8-9,15-16,22,25-26H2,1-3H3,(H,42,46)/t34-/m0/s1. The highest BCUT2D eigenvalue weighted by molar-refractivity contribution is 7.92. The number of nitrogens with zero attached hydrogens (tertiary/aromatic N) is 2. The summed E-state index contributed by atoms with van der Waals surface area (Å²) in [5.74, 6) is -0.315. The highest BCUT2D eigenvalue weighted by Gasteiger charge is 2.37. The molecule has 1 fully saturated rings. The topological polar surface area (TPSA) is 114 Å². The van der Waals surface area contributed by atoms with Crippen molar-refractivity contribution in [1.82, 2.24) is 10.2 Å². The lowest BCUT2D eigenvalue weighted by atomic mass is 9.94. The number of ether oxygens (including phenoxy) is 3. The van der Waals surface area contributed by atoms with Crippen molar-refractivity contribution in [2.75, 3.05) is 32.2 Å². The molecule has 0 unspecified atom stereocenters. The van der Waals surface area contributed by atoms with Crippen molar-refractivity contribution < 1.29 is 32.2 Å². The Labute approximate surface area is 315 Å². The molecule has 0 aromatic heterocycles. The number of carbonyl (C=O) groups is 2. The highest BCUT2D eigenvalue weighted by Crippen LogP contribution is 2.37. The van der Waals surface area contributed by atoms with Crippen LogP contribution in [0.15, 0.2) is 95.9 Å². The number of anilines is 1. The lowest BCUT2D eigenvalue weighted by Gasteiger charge is -2.35. The molecule has 0 heterocycles. The number of carbonyl (C=O) groups excluding carboxylic acids is 2. The molecule has 276 valence electrons. The van der Waals surface area contributed by atoms with Gasteiger partial charge in [0.15, 0.2) is 11.5 Å². The van der Waals surface area contributed by atoms with E-state index in [0.29, 0.717) is 16.3 Å². The fourth-order valence-electron chi connectivity index (χ4n) is 6.38. The number of hydrogen-bond donors (Lipinski definition) is 1. The van der Waals surface area contributed by atoms with Crippen LogP contribution in [0, 0.1) is 0 Å². The van der Waals surface area contributed by atoms with Gasteiger partial charge in [-0.2, -0.15) is 0 Å². The Balaban J connectivity index is 1.63. The lowest BCUT2D eigenvalue weighted by Crippen LogP contribution is -2.55. The number of methoxy groups -OCH3 is 3. The molecular formula is C39H43Cl2N3O7S. The predicted molar refractivity (Wildman–Crippen MR) is 203 cm³/mol. The van der Waals surface area contributed by atoms with Crippen LogP contribution in [-0.4, -0.2) is 65.1 Å². The maximum absolute atomic E-state index is 14.9. The van der Waals surface area contributed by atoms with Crippen molar-refractivity contribution in [3.8, 4) is 17.2 Å². The Morgan fingerprint density at radius 2 is 1.46 bits per heavy atom. The van der Waals surface area contributed by atoms with E-state index >= 15 is 0 Å². The van der Waals surface area contributed by atoms with Gasteiger partial charge in [-0.3, -0.25) is 13.9 Å².